The average molecular weight is 556 g/mol. The Morgan fingerprint density at radius 3 is 1.87 bits per heavy atom. The first kappa shape index (κ1) is 27.7. The van der Waals surface area contributed by atoms with Gasteiger partial charge in [-0.2, -0.15) is 16.8 Å². The van der Waals surface area contributed by atoms with Crippen LogP contribution in [0.4, 0.5) is 5.69 Å². The van der Waals surface area contributed by atoms with E-state index in [1.165, 1.54) is 30.3 Å². The van der Waals surface area contributed by atoms with Crippen molar-refractivity contribution in [1.82, 2.24) is 0 Å². The third-order valence-corrected chi connectivity index (χ3v) is 8.35. The van der Waals surface area contributed by atoms with Crippen LogP contribution in [0.2, 0.25) is 0 Å². The topological polar surface area (TPSA) is 164 Å². The van der Waals surface area contributed by atoms with E-state index in [1.807, 2.05) is 67.6 Å². The molecule has 0 aliphatic heterocycles. The van der Waals surface area contributed by atoms with Crippen molar-refractivity contribution in [2.24, 2.45) is 16.9 Å². The van der Waals surface area contributed by atoms with Gasteiger partial charge in [0.15, 0.2) is 0 Å². The fraction of sp³-hybridized carbons (Fsp3) is 0.185. The van der Waals surface area contributed by atoms with Gasteiger partial charge >= 0.3 is 0 Å². The second kappa shape index (κ2) is 10.1. The van der Waals surface area contributed by atoms with Gasteiger partial charge < -0.3 is 16.4 Å². The number of allylic oxidation sites excluding steroid dienone is 3. The van der Waals surface area contributed by atoms with Crippen molar-refractivity contribution in [2.75, 3.05) is 32.1 Å². The number of nitrogens with two attached hydrogens (primary N) is 2. The van der Waals surface area contributed by atoms with E-state index >= 15 is 0 Å². The lowest BCUT2D eigenvalue weighted by Gasteiger charge is -2.27. The van der Waals surface area contributed by atoms with Crippen molar-refractivity contribution >= 4 is 42.3 Å². The molecule has 0 spiro atoms. The summed E-state index contributed by atoms with van der Waals surface area (Å²) in [6.45, 7) is 0.604. The van der Waals surface area contributed by atoms with Crippen LogP contribution in [0.15, 0.2) is 94.3 Å². The smallest absolute Gasteiger partial charge is 0.294 e. The number of benzene rings is 3. The third kappa shape index (κ3) is 5.44. The maximum atomic E-state index is 12.2. The Hall–Kier alpha value is -3.32. The first-order valence-corrected chi connectivity index (χ1v) is 14.5. The van der Waals surface area contributed by atoms with Gasteiger partial charge in [-0.15, -0.1) is 0 Å². The molecule has 1 aliphatic carbocycles. The zero-order chi connectivity index (χ0) is 27.9. The van der Waals surface area contributed by atoms with Crippen LogP contribution < -0.4 is 16.4 Å². The highest BCUT2D eigenvalue weighted by molar-refractivity contribution is 7.86. The molecule has 0 bridgehead atoms. The van der Waals surface area contributed by atoms with Crippen LogP contribution in [0, 0.1) is 5.41 Å². The van der Waals surface area contributed by atoms with Crippen LogP contribution in [0.1, 0.15) is 11.1 Å². The molecule has 0 aromatic heterocycles. The Morgan fingerprint density at radius 1 is 0.816 bits per heavy atom. The molecule has 0 heterocycles. The van der Waals surface area contributed by atoms with Gasteiger partial charge in [-0.25, -0.2) is 0 Å². The van der Waals surface area contributed by atoms with Crippen LogP contribution in [-0.4, -0.2) is 53.1 Å². The largest absolute Gasteiger partial charge is 0.378 e. The number of fused-ring (bicyclic) bond motifs is 1. The normalized spacial score (nSPS) is 15.2. The summed E-state index contributed by atoms with van der Waals surface area (Å²) in [5.41, 5.74) is 14.9. The first-order chi connectivity index (χ1) is 17.8. The molecule has 0 amide bonds. The summed E-state index contributed by atoms with van der Waals surface area (Å²) in [5, 5.41) is 0.718. The van der Waals surface area contributed by atoms with E-state index in [0.29, 0.717) is 29.6 Å². The van der Waals surface area contributed by atoms with E-state index in [4.69, 9.17) is 11.5 Å². The number of nitrogens with zero attached hydrogens (tertiary/aromatic N) is 1. The SMILES string of the molecule is CN(C)c1ccc(C(=C2C=CC(CN)(CN)C=C2)c2cc(S(=O)(=O)O)cc3cc(S(=O)(=O)O)ccc23)cc1. The fourth-order valence-corrected chi connectivity index (χ4v) is 5.44. The fourth-order valence-electron chi connectivity index (χ4n) is 4.39. The second-order valence-corrected chi connectivity index (χ2v) is 12.2. The molecule has 3 aromatic rings. The molecule has 38 heavy (non-hydrogen) atoms. The van der Waals surface area contributed by atoms with Crippen LogP contribution >= 0.6 is 0 Å². The van der Waals surface area contributed by atoms with Crippen LogP contribution in [0.5, 0.6) is 0 Å². The zero-order valence-corrected chi connectivity index (χ0v) is 22.5. The Bertz CT molecular complexity index is 1680. The maximum absolute atomic E-state index is 12.2. The van der Waals surface area contributed by atoms with Gasteiger partial charge in [-0.05, 0) is 69.4 Å². The molecule has 0 saturated heterocycles. The van der Waals surface area contributed by atoms with Gasteiger partial charge in [0.1, 0.15) is 0 Å². The van der Waals surface area contributed by atoms with E-state index < -0.39 is 35.4 Å². The quantitative estimate of drug-likeness (QED) is 0.320. The average Bonchev–Trinajstić information content (AvgIpc) is 2.88. The van der Waals surface area contributed by atoms with Crippen LogP contribution in [0.3, 0.4) is 0 Å². The summed E-state index contributed by atoms with van der Waals surface area (Å²) in [6.07, 6.45) is 7.55. The summed E-state index contributed by atoms with van der Waals surface area (Å²) < 4.78 is 67.5. The van der Waals surface area contributed by atoms with Crippen molar-refractivity contribution in [3.8, 4) is 0 Å². The van der Waals surface area contributed by atoms with E-state index in [9.17, 15) is 25.9 Å². The Labute approximate surface area is 222 Å². The summed E-state index contributed by atoms with van der Waals surface area (Å²) in [5.74, 6) is 0. The highest BCUT2D eigenvalue weighted by Crippen LogP contribution is 2.38. The van der Waals surface area contributed by atoms with E-state index in [0.717, 1.165) is 16.8 Å². The summed E-state index contributed by atoms with van der Waals surface area (Å²) in [7, 11) is -5.40. The number of anilines is 1. The van der Waals surface area contributed by atoms with Gasteiger partial charge in [0.25, 0.3) is 20.2 Å². The molecule has 0 fully saturated rings. The lowest BCUT2D eigenvalue weighted by molar-refractivity contribution is 0.481. The second-order valence-electron chi connectivity index (χ2n) is 9.38. The minimum atomic E-state index is -4.67. The number of rotatable bonds is 7. The van der Waals surface area contributed by atoms with Gasteiger partial charge in [-0.3, -0.25) is 9.11 Å². The standard InChI is InChI=1S/C27H29N3O6S2/c1-30(2)21-5-3-18(4-6-21)26(19-9-11-27(16-28,17-29)12-10-19)25-15-23(38(34,35)36)14-20-13-22(37(31,32)33)7-8-24(20)25/h3-15H,16-17,28-29H2,1-2H3,(H,31,32,33)(H,34,35,36). The molecule has 0 atom stereocenters. The summed E-state index contributed by atoms with van der Waals surface area (Å²) in [6, 6.07) is 14.0. The van der Waals surface area contributed by atoms with Gasteiger partial charge in [-0.1, -0.05) is 42.5 Å². The van der Waals surface area contributed by atoms with Crippen molar-refractivity contribution in [2.45, 2.75) is 9.79 Å². The molecule has 0 saturated carbocycles. The molecular weight excluding hydrogens is 526 g/mol. The Balaban J connectivity index is 2.10. The molecule has 3 aromatic carbocycles. The Morgan fingerprint density at radius 2 is 1.37 bits per heavy atom. The minimum absolute atomic E-state index is 0.204. The zero-order valence-electron chi connectivity index (χ0n) is 20.9. The van der Waals surface area contributed by atoms with Crippen molar-refractivity contribution in [1.29, 1.82) is 0 Å². The van der Waals surface area contributed by atoms with Crippen molar-refractivity contribution in [3.05, 3.63) is 95.6 Å². The maximum Gasteiger partial charge on any atom is 0.294 e. The highest BCUT2D eigenvalue weighted by atomic mass is 32.2. The highest BCUT2D eigenvalue weighted by Gasteiger charge is 2.25. The minimum Gasteiger partial charge on any atom is -0.378 e. The van der Waals surface area contributed by atoms with Gasteiger partial charge in [0.2, 0.25) is 0 Å². The monoisotopic (exact) mass is 555 g/mol. The predicted octanol–water partition coefficient (Wildman–Crippen LogP) is 3.23. The lowest BCUT2D eigenvalue weighted by Crippen LogP contribution is -2.35. The summed E-state index contributed by atoms with van der Waals surface area (Å²) in [4.78, 5) is 1.12. The number of hydrogen-bond acceptors (Lipinski definition) is 7. The van der Waals surface area contributed by atoms with Gasteiger partial charge in [0, 0.05) is 38.3 Å². The van der Waals surface area contributed by atoms with Crippen molar-refractivity contribution in [3.63, 3.8) is 0 Å². The van der Waals surface area contributed by atoms with Crippen LogP contribution in [-0.2, 0) is 20.2 Å². The van der Waals surface area contributed by atoms with E-state index in [-0.39, 0.29) is 5.39 Å². The summed E-state index contributed by atoms with van der Waals surface area (Å²) >= 11 is 0. The van der Waals surface area contributed by atoms with E-state index in [1.54, 1.807) is 0 Å². The van der Waals surface area contributed by atoms with Crippen molar-refractivity contribution < 1.29 is 25.9 Å². The first-order valence-electron chi connectivity index (χ1n) is 11.6. The molecule has 200 valence electrons. The molecule has 1 aliphatic rings. The predicted molar refractivity (Wildman–Crippen MR) is 149 cm³/mol. The van der Waals surface area contributed by atoms with E-state index in [2.05, 4.69) is 0 Å². The van der Waals surface area contributed by atoms with Gasteiger partial charge in [0.05, 0.1) is 9.79 Å². The Kier molecular flexibility index (Phi) is 7.36. The molecule has 6 N–H and O–H groups in total. The molecule has 4 rings (SSSR count). The third-order valence-electron chi connectivity index (χ3n) is 6.67. The lowest BCUT2D eigenvalue weighted by atomic mass is 9.80. The molecule has 0 unspecified atom stereocenters. The molecular formula is C27H29N3O6S2. The molecule has 0 radical (unpaired) electrons. The molecule has 11 heteroatoms. The van der Waals surface area contributed by atoms with Crippen LogP contribution in [0.25, 0.3) is 16.3 Å². The number of hydrogen-bond donors (Lipinski definition) is 4. The molecule has 9 nitrogen and oxygen atoms in total.